The highest BCUT2D eigenvalue weighted by atomic mass is 32.1. The van der Waals surface area contributed by atoms with Crippen LogP contribution in [-0.4, -0.2) is 39.5 Å². The lowest BCUT2D eigenvalue weighted by atomic mass is 10.0. The summed E-state index contributed by atoms with van der Waals surface area (Å²) in [7, 11) is 0. The number of carbonyl (C=O) groups is 1. The Kier molecular flexibility index (Phi) is 6.99. The molecule has 0 fully saturated rings. The summed E-state index contributed by atoms with van der Waals surface area (Å²) in [6, 6.07) is 12.0. The van der Waals surface area contributed by atoms with E-state index in [2.05, 4.69) is 15.3 Å². The first-order valence-corrected chi connectivity index (χ1v) is 11.8. The number of aliphatic imine (C=N–C) groups is 1. The van der Waals surface area contributed by atoms with Gasteiger partial charge in [0.15, 0.2) is 0 Å². The van der Waals surface area contributed by atoms with Crippen molar-refractivity contribution in [3.63, 3.8) is 0 Å². The Hall–Kier alpha value is -3.95. The van der Waals surface area contributed by atoms with E-state index in [4.69, 9.17) is 10.2 Å². The number of aromatic hydroxyl groups is 1. The van der Waals surface area contributed by atoms with E-state index in [1.54, 1.807) is 74.4 Å². The van der Waals surface area contributed by atoms with Gasteiger partial charge in [-0.05, 0) is 50.6 Å². The average molecular weight is 491 g/mol. The smallest absolute Gasteiger partial charge is 0.275 e. The first-order valence-electron chi connectivity index (χ1n) is 10.9. The van der Waals surface area contributed by atoms with Gasteiger partial charge in [0, 0.05) is 51.8 Å². The number of carbonyl (C=O) groups excluding carboxylic acids is 1. The van der Waals surface area contributed by atoms with Crippen LogP contribution in [0.5, 0.6) is 5.75 Å². The average Bonchev–Trinajstić information content (AvgIpc) is 3.50. The summed E-state index contributed by atoms with van der Waals surface area (Å²) in [6.45, 7) is 3.90. The Morgan fingerprint density at radius 3 is 2.80 bits per heavy atom. The fourth-order valence-electron chi connectivity index (χ4n) is 3.34. The number of aromatic nitrogens is 1. The Bertz CT molecular complexity index is 1350. The zero-order chi connectivity index (χ0) is 25.0. The number of hydrogen-bond acceptors (Lipinski definition) is 8. The molecule has 0 spiro atoms. The molecular weight excluding hydrogens is 464 g/mol. The van der Waals surface area contributed by atoms with Crippen LogP contribution < -0.4 is 11.1 Å². The number of phenols is 1. The SMILES string of the molecule is CC(C)(O)CCN=Cc1cc(NC(=O)c2csc(-c3cccc(O)c3)n2)c(-c2ccoc2)cc1N. The number of anilines is 2. The second-order valence-electron chi connectivity index (χ2n) is 8.68. The van der Waals surface area contributed by atoms with E-state index in [-0.39, 0.29) is 17.4 Å². The van der Waals surface area contributed by atoms with Gasteiger partial charge in [0.1, 0.15) is 16.5 Å². The molecule has 0 bridgehead atoms. The van der Waals surface area contributed by atoms with Gasteiger partial charge in [-0.1, -0.05) is 12.1 Å². The van der Waals surface area contributed by atoms with E-state index in [9.17, 15) is 15.0 Å². The molecule has 4 rings (SSSR count). The molecule has 2 aromatic carbocycles. The van der Waals surface area contributed by atoms with Crippen molar-refractivity contribution in [3.05, 3.63) is 71.6 Å². The van der Waals surface area contributed by atoms with Gasteiger partial charge in [-0.2, -0.15) is 0 Å². The van der Waals surface area contributed by atoms with E-state index in [1.807, 2.05) is 6.07 Å². The van der Waals surface area contributed by atoms with Crippen molar-refractivity contribution < 1.29 is 19.4 Å². The number of aliphatic hydroxyl groups is 1. The lowest BCUT2D eigenvalue weighted by molar-refractivity contribution is 0.0739. The van der Waals surface area contributed by atoms with E-state index in [1.165, 1.54) is 11.3 Å². The summed E-state index contributed by atoms with van der Waals surface area (Å²) in [5.74, 6) is -0.251. The standard InChI is InChI=1S/C26H26N4O4S/c1-26(2,33)7-8-28-13-18-11-22(20(12-21(18)27)17-6-9-34-14-17)29-24(32)23-15-35-25(30-23)16-4-3-5-19(31)10-16/h3-6,9-15,31,33H,7-8,27H2,1-2H3,(H,29,32). The number of benzene rings is 2. The number of nitrogens with two attached hydrogens (primary N) is 1. The predicted molar refractivity (Wildman–Crippen MR) is 139 cm³/mol. The molecule has 0 atom stereocenters. The third kappa shape index (κ3) is 6.14. The summed E-state index contributed by atoms with van der Waals surface area (Å²) >= 11 is 1.31. The van der Waals surface area contributed by atoms with Crippen molar-refractivity contribution in [2.45, 2.75) is 25.9 Å². The summed E-state index contributed by atoms with van der Waals surface area (Å²) < 4.78 is 5.22. The van der Waals surface area contributed by atoms with Crippen LogP contribution in [0, 0.1) is 0 Å². The Morgan fingerprint density at radius 2 is 2.09 bits per heavy atom. The maximum Gasteiger partial charge on any atom is 0.275 e. The summed E-state index contributed by atoms with van der Waals surface area (Å²) in [5.41, 5.74) is 9.56. The van der Waals surface area contributed by atoms with Crippen LogP contribution in [0.25, 0.3) is 21.7 Å². The van der Waals surface area contributed by atoms with Crippen molar-refractivity contribution in [1.82, 2.24) is 4.98 Å². The predicted octanol–water partition coefficient (Wildman–Crippen LogP) is 5.19. The Balaban J connectivity index is 1.61. The van der Waals surface area contributed by atoms with Crippen LogP contribution in [0.2, 0.25) is 0 Å². The number of hydrogen-bond donors (Lipinski definition) is 4. The number of nitrogen functional groups attached to an aromatic ring is 1. The molecule has 0 aliphatic rings. The van der Waals surface area contributed by atoms with Crippen LogP contribution in [0.4, 0.5) is 11.4 Å². The second kappa shape index (κ2) is 10.1. The molecule has 0 unspecified atom stereocenters. The molecule has 0 saturated heterocycles. The normalized spacial score (nSPS) is 11.7. The maximum absolute atomic E-state index is 13.1. The summed E-state index contributed by atoms with van der Waals surface area (Å²) in [4.78, 5) is 21.9. The van der Waals surface area contributed by atoms with Crippen LogP contribution in [0.3, 0.4) is 0 Å². The molecule has 2 aromatic heterocycles. The fraction of sp³-hybridized carbons (Fsp3) is 0.192. The zero-order valence-corrected chi connectivity index (χ0v) is 20.2. The van der Waals surface area contributed by atoms with Gasteiger partial charge in [-0.3, -0.25) is 9.79 Å². The van der Waals surface area contributed by atoms with Crippen molar-refractivity contribution >= 4 is 34.8 Å². The van der Waals surface area contributed by atoms with Crippen molar-refractivity contribution in [3.8, 4) is 27.4 Å². The van der Waals surface area contributed by atoms with Gasteiger partial charge in [0.05, 0.1) is 18.1 Å². The van der Waals surface area contributed by atoms with E-state index < -0.39 is 5.60 Å². The van der Waals surface area contributed by atoms with Gasteiger partial charge in [-0.25, -0.2) is 4.98 Å². The lowest BCUT2D eigenvalue weighted by Crippen LogP contribution is -2.19. The van der Waals surface area contributed by atoms with Crippen LogP contribution >= 0.6 is 11.3 Å². The zero-order valence-electron chi connectivity index (χ0n) is 19.4. The molecule has 8 nitrogen and oxygen atoms in total. The number of phenolic OH excluding ortho intramolecular Hbond substituents is 1. The second-order valence-corrected chi connectivity index (χ2v) is 9.54. The minimum absolute atomic E-state index is 0.132. The first kappa shape index (κ1) is 24.2. The van der Waals surface area contributed by atoms with E-state index in [0.717, 1.165) is 11.1 Å². The lowest BCUT2D eigenvalue weighted by Gasteiger charge is -2.15. The molecule has 0 radical (unpaired) electrons. The third-order valence-electron chi connectivity index (χ3n) is 5.22. The van der Waals surface area contributed by atoms with Gasteiger partial charge >= 0.3 is 0 Å². The molecule has 0 saturated carbocycles. The Morgan fingerprint density at radius 1 is 1.26 bits per heavy atom. The van der Waals surface area contributed by atoms with Crippen LogP contribution in [0.15, 0.2) is 69.8 Å². The molecule has 35 heavy (non-hydrogen) atoms. The highest BCUT2D eigenvalue weighted by Crippen LogP contribution is 2.33. The van der Waals surface area contributed by atoms with Crippen molar-refractivity contribution in [2.75, 3.05) is 17.6 Å². The fourth-order valence-corrected chi connectivity index (χ4v) is 4.14. The maximum atomic E-state index is 13.1. The van der Waals surface area contributed by atoms with Crippen molar-refractivity contribution in [1.29, 1.82) is 0 Å². The van der Waals surface area contributed by atoms with Gasteiger partial charge < -0.3 is 25.7 Å². The van der Waals surface area contributed by atoms with Crippen LogP contribution in [0.1, 0.15) is 36.3 Å². The van der Waals surface area contributed by atoms with E-state index >= 15 is 0 Å². The molecule has 2 heterocycles. The number of rotatable bonds is 8. The third-order valence-corrected chi connectivity index (χ3v) is 6.11. The molecular formula is C26H26N4O4S. The topological polar surface area (TPSA) is 134 Å². The molecule has 4 aromatic rings. The molecule has 9 heteroatoms. The number of amides is 1. The van der Waals surface area contributed by atoms with Crippen molar-refractivity contribution in [2.24, 2.45) is 4.99 Å². The summed E-state index contributed by atoms with van der Waals surface area (Å²) in [6.07, 6.45) is 5.26. The molecule has 180 valence electrons. The molecule has 0 aliphatic carbocycles. The molecule has 1 amide bonds. The minimum Gasteiger partial charge on any atom is -0.508 e. The monoisotopic (exact) mass is 490 g/mol. The quantitative estimate of drug-likeness (QED) is 0.198. The van der Waals surface area contributed by atoms with Gasteiger partial charge in [-0.15, -0.1) is 11.3 Å². The van der Waals surface area contributed by atoms with Gasteiger partial charge in [0.2, 0.25) is 0 Å². The number of nitrogens with one attached hydrogen (secondary N) is 1. The van der Waals surface area contributed by atoms with Gasteiger partial charge in [0.25, 0.3) is 5.91 Å². The largest absolute Gasteiger partial charge is 0.508 e. The highest BCUT2D eigenvalue weighted by molar-refractivity contribution is 7.13. The van der Waals surface area contributed by atoms with Crippen LogP contribution in [-0.2, 0) is 0 Å². The summed E-state index contributed by atoms with van der Waals surface area (Å²) in [5, 5.41) is 24.8. The number of furan rings is 1. The Labute approximate surface area is 206 Å². The molecule has 5 N–H and O–H groups in total. The number of thiazole rings is 1. The first-order chi connectivity index (χ1) is 16.7. The molecule has 0 aliphatic heterocycles. The highest BCUT2D eigenvalue weighted by Gasteiger charge is 2.17. The van der Waals surface area contributed by atoms with E-state index in [0.29, 0.717) is 40.5 Å². The minimum atomic E-state index is -0.807. The number of nitrogens with zero attached hydrogens (tertiary/aromatic N) is 2.